The Hall–Kier alpha value is -2.72. The van der Waals surface area contributed by atoms with E-state index in [1.807, 2.05) is 6.92 Å². The number of halogens is 6. The fourth-order valence-corrected chi connectivity index (χ4v) is 1.89. The van der Waals surface area contributed by atoms with Crippen molar-refractivity contribution in [1.82, 2.24) is 9.97 Å². The fourth-order valence-electron chi connectivity index (χ4n) is 1.89. The van der Waals surface area contributed by atoms with Gasteiger partial charge < -0.3 is 14.8 Å². The average molecular weight is 395 g/mol. The van der Waals surface area contributed by atoms with Gasteiger partial charge in [-0.15, -0.1) is 0 Å². The van der Waals surface area contributed by atoms with Gasteiger partial charge in [-0.25, -0.2) is 4.98 Å². The molecule has 0 bridgehead atoms. The van der Waals surface area contributed by atoms with Gasteiger partial charge in [0.15, 0.2) is 6.61 Å². The van der Waals surface area contributed by atoms with E-state index in [0.717, 1.165) is 6.42 Å². The number of ether oxygens (including phenoxy) is 2. The summed E-state index contributed by atoms with van der Waals surface area (Å²) in [7, 11) is 0. The first-order valence-corrected chi connectivity index (χ1v) is 7.72. The number of alkyl halides is 6. The molecule has 1 N–H and O–H groups in total. The highest BCUT2D eigenvalue weighted by Crippen LogP contribution is 2.36. The number of hydrogen-bond acceptors (Lipinski definition) is 5. The summed E-state index contributed by atoms with van der Waals surface area (Å²) in [5, 5.41) is 2.61. The highest BCUT2D eigenvalue weighted by atomic mass is 19.4. The maximum atomic E-state index is 12.9. The SMILES string of the molecule is CCCOc1cccc(Nc2ncc(C(F)(F)F)c(OCC(F)(F)F)n2)c1. The normalized spacial score (nSPS) is 12.0. The molecule has 1 heterocycles. The van der Waals surface area contributed by atoms with E-state index in [1.54, 1.807) is 24.3 Å². The van der Waals surface area contributed by atoms with Crippen LogP contribution in [0.25, 0.3) is 0 Å². The zero-order chi connectivity index (χ0) is 20.1. The zero-order valence-corrected chi connectivity index (χ0v) is 14.0. The molecule has 0 radical (unpaired) electrons. The van der Waals surface area contributed by atoms with Gasteiger partial charge in [-0.05, 0) is 18.6 Å². The molecule has 0 atom stereocenters. The molecule has 0 saturated carbocycles. The van der Waals surface area contributed by atoms with Crippen molar-refractivity contribution in [3.8, 4) is 11.6 Å². The molecule has 0 spiro atoms. The number of aromatic nitrogens is 2. The van der Waals surface area contributed by atoms with Gasteiger partial charge in [0.05, 0.1) is 6.61 Å². The molecule has 27 heavy (non-hydrogen) atoms. The summed E-state index contributed by atoms with van der Waals surface area (Å²) in [6.07, 6.45) is -8.64. The smallest absolute Gasteiger partial charge is 0.423 e. The second kappa shape index (κ2) is 8.31. The van der Waals surface area contributed by atoms with Crippen LogP contribution in [0.5, 0.6) is 11.6 Å². The monoisotopic (exact) mass is 395 g/mol. The second-order valence-corrected chi connectivity index (χ2v) is 5.32. The molecule has 5 nitrogen and oxygen atoms in total. The molecule has 2 rings (SSSR count). The van der Waals surface area contributed by atoms with Crippen LogP contribution in [0, 0.1) is 0 Å². The largest absolute Gasteiger partial charge is 0.494 e. The third-order valence-corrected chi connectivity index (χ3v) is 2.99. The minimum Gasteiger partial charge on any atom is -0.494 e. The van der Waals surface area contributed by atoms with Crippen molar-refractivity contribution in [3.63, 3.8) is 0 Å². The molecule has 0 aliphatic rings. The highest BCUT2D eigenvalue weighted by molar-refractivity contribution is 5.56. The maximum Gasteiger partial charge on any atom is 0.423 e. The summed E-state index contributed by atoms with van der Waals surface area (Å²) >= 11 is 0. The van der Waals surface area contributed by atoms with Gasteiger partial charge in [0.25, 0.3) is 0 Å². The van der Waals surface area contributed by atoms with Crippen LogP contribution >= 0.6 is 0 Å². The van der Waals surface area contributed by atoms with Crippen LogP contribution in [0.2, 0.25) is 0 Å². The Kier molecular flexibility index (Phi) is 6.34. The molecule has 0 amide bonds. The summed E-state index contributed by atoms with van der Waals surface area (Å²) in [5.41, 5.74) is -1.12. The summed E-state index contributed by atoms with van der Waals surface area (Å²) < 4.78 is 85.3. The Morgan fingerprint density at radius 2 is 1.81 bits per heavy atom. The molecule has 2 aromatic rings. The molecule has 1 aromatic heterocycles. The highest BCUT2D eigenvalue weighted by Gasteiger charge is 2.38. The van der Waals surface area contributed by atoms with Gasteiger partial charge in [0.2, 0.25) is 11.8 Å². The van der Waals surface area contributed by atoms with Crippen LogP contribution in [-0.2, 0) is 6.18 Å². The van der Waals surface area contributed by atoms with Crippen molar-refractivity contribution in [3.05, 3.63) is 36.0 Å². The Balaban J connectivity index is 2.24. The summed E-state index contributed by atoms with van der Waals surface area (Å²) in [6.45, 7) is 0.475. The lowest BCUT2D eigenvalue weighted by atomic mass is 10.3. The Morgan fingerprint density at radius 1 is 1.07 bits per heavy atom. The lowest BCUT2D eigenvalue weighted by Crippen LogP contribution is -2.22. The van der Waals surface area contributed by atoms with Gasteiger partial charge in [0, 0.05) is 18.0 Å². The first-order chi connectivity index (χ1) is 12.6. The van der Waals surface area contributed by atoms with Crippen molar-refractivity contribution in [2.75, 3.05) is 18.5 Å². The van der Waals surface area contributed by atoms with Crippen LogP contribution in [0.1, 0.15) is 18.9 Å². The summed E-state index contributed by atoms with van der Waals surface area (Å²) in [6, 6.07) is 6.41. The molecule has 0 fully saturated rings. The topological polar surface area (TPSA) is 56.3 Å². The van der Waals surface area contributed by atoms with E-state index in [9.17, 15) is 26.3 Å². The van der Waals surface area contributed by atoms with Crippen molar-refractivity contribution in [2.45, 2.75) is 25.7 Å². The van der Waals surface area contributed by atoms with E-state index >= 15 is 0 Å². The lowest BCUT2D eigenvalue weighted by molar-refractivity contribution is -0.159. The number of benzene rings is 1. The van der Waals surface area contributed by atoms with Gasteiger partial charge in [0.1, 0.15) is 11.3 Å². The van der Waals surface area contributed by atoms with Crippen LogP contribution in [0.4, 0.5) is 38.0 Å². The number of anilines is 2. The average Bonchev–Trinajstić information content (AvgIpc) is 2.57. The van der Waals surface area contributed by atoms with Gasteiger partial charge >= 0.3 is 12.4 Å². The second-order valence-electron chi connectivity index (χ2n) is 5.32. The number of nitrogens with one attached hydrogen (secondary N) is 1. The third kappa shape index (κ3) is 6.50. The molecule has 0 aliphatic heterocycles. The number of hydrogen-bond donors (Lipinski definition) is 1. The predicted molar refractivity (Wildman–Crippen MR) is 84.1 cm³/mol. The summed E-state index contributed by atoms with van der Waals surface area (Å²) in [5.74, 6) is -1.06. The van der Waals surface area contributed by atoms with Gasteiger partial charge in [-0.2, -0.15) is 31.3 Å². The van der Waals surface area contributed by atoms with Crippen molar-refractivity contribution >= 4 is 11.6 Å². The third-order valence-electron chi connectivity index (χ3n) is 2.99. The standard InChI is InChI=1S/C16H15F6N3O2/c1-2-6-26-11-5-3-4-10(7-11)24-14-23-8-12(16(20,21)22)13(25-14)27-9-15(17,18)19/h3-5,7-8H,2,6,9H2,1H3,(H,23,24,25). The molecule has 1 aromatic carbocycles. The molecule has 0 aliphatic carbocycles. The van der Waals surface area contributed by atoms with E-state index in [1.165, 1.54) is 0 Å². The van der Waals surface area contributed by atoms with Crippen LogP contribution in [-0.4, -0.2) is 29.4 Å². The van der Waals surface area contributed by atoms with Crippen molar-refractivity contribution in [2.24, 2.45) is 0 Å². The van der Waals surface area contributed by atoms with Crippen LogP contribution < -0.4 is 14.8 Å². The molecule has 11 heteroatoms. The quantitative estimate of drug-likeness (QED) is 0.671. The van der Waals surface area contributed by atoms with E-state index < -0.39 is 30.4 Å². The lowest BCUT2D eigenvalue weighted by Gasteiger charge is -2.15. The molecule has 148 valence electrons. The minimum atomic E-state index is -4.96. The first kappa shape index (κ1) is 20.6. The van der Waals surface area contributed by atoms with E-state index in [2.05, 4.69) is 20.0 Å². The predicted octanol–water partition coefficient (Wildman–Crippen LogP) is 4.97. The van der Waals surface area contributed by atoms with E-state index in [-0.39, 0.29) is 5.95 Å². The minimum absolute atomic E-state index is 0.354. The summed E-state index contributed by atoms with van der Waals surface area (Å²) in [4.78, 5) is 6.92. The Labute approximate surface area is 150 Å². The van der Waals surface area contributed by atoms with Gasteiger partial charge in [-0.3, -0.25) is 0 Å². The number of nitrogens with zero attached hydrogens (tertiary/aromatic N) is 2. The van der Waals surface area contributed by atoms with Gasteiger partial charge in [-0.1, -0.05) is 13.0 Å². The molecule has 0 saturated heterocycles. The fraction of sp³-hybridized carbons (Fsp3) is 0.375. The Morgan fingerprint density at radius 3 is 2.44 bits per heavy atom. The molecule has 0 unspecified atom stereocenters. The Bertz CT molecular complexity index is 765. The van der Waals surface area contributed by atoms with E-state index in [0.29, 0.717) is 24.2 Å². The van der Waals surface area contributed by atoms with Crippen molar-refractivity contribution in [1.29, 1.82) is 0 Å². The maximum absolute atomic E-state index is 12.9. The molecular formula is C16H15F6N3O2. The number of rotatable bonds is 7. The molecular weight excluding hydrogens is 380 g/mol. The van der Waals surface area contributed by atoms with Crippen LogP contribution in [0.3, 0.4) is 0 Å². The van der Waals surface area contributed by atoms with E-state index in [4.69, 9.17) is 4.74 Å². The van der Waals surface area contributed by atoms with Crippen molar-refractivity contribution < 1.29 is 35.8 Å². The van der Waals surface area contributed by atoms with Crippen LogP contribution in [0.15, 0.2) is 30.5 Å². The first-order valence-electron chi connectivity index (χ1n) is 7.72. The zero-order valence-electron chi connectivity index (χ0n) is 14.0.